The molecule has 0 unspecified atom stereocenters. The summed E-state index contributed by atoms with van der Waals surface area (Å²) in [6.45, 7) is 0.203. The smallest absolute Gasteiger partial charge is 0.195 e. The molecule has 0 radical (unpaired) electrons. The molecule has 3 nitrogen and oxygen atoms in total. The molecule has 4 rings (SSSR count). The second-order valence-electron chi connectivity index (χ2n) is 7.56. The van der Waals surface area contributed by atoms with Gasteiger partial charge in [-0.05, 0) is 53.6 Å². The summed E-state index contributed by atoms with van der Waals surface area (Å²) in [6, 6.07) is 23.8. The Kier molecular flexibility index (Phi) is 7.78. The normalized spacial score (nSPS) is 11.0. The molecule has 0 saturated heterocycles. The molecule has 0 aliphatic heterocycles. The van der Waals surface area contributed by atoms with Gasteiger partial charge in [-0.15, -0.1) is 11.3 Å². The number of allylic oxidation sites excluding steroid dienone is 1. The number of ketones is 1. The summed E-state index contributed by atoms with van der Waals surface area (Å²) >= 11 is 7.33. The molecule has 4 aromatic rings. The molecule has 0 bridgehead atoms. The zero-order valence-corrected chi connectivity index (χ0v) is 20.0. The van der Waals surface area contributed by atoms with Crippen molar-refractivity contribution in [2.24, 2.45) is 0 Å². The molecule has 0 aliphatic carbocycles. The third-order valence-corrected chi connectivity index (χ3v) is 6.53. The van der Waals surface area contributed by atoms with Gasteiger partial charge >= 0.3 is 0 Å². The molecule has 1 heterocycles. The standard InChI is InChI=1S/C28H22ClFO3S/c1-32-27-13-8-20(15-21(27)18-33-22-9-11-25(30)24(29)17-22)7-12-26(31)28-14-10-23(34-28)16-19-5-3-2-4-6-19/h2-15,17H,16,18H2,1H3/b12-7+. The molecule has 0 N–H and O–H groups in total. The van der Waals surface area contributed by atoms with Crippen LogP contribution < -0.4 is 9.47 Å². The van der Waals surface area contributed by atoms with E-state index in [4.69, 9.17) is 21.1 Å². The lowest BCUT2D eigenvalue weighted by Gasteiger charge is -2.11. The van der Waals surface area contributed by atoms with Gasteiger partial charge in [-0.3, -0.25) is 4.79 Å². The third kappa shape index (κ3) is 6.13. The molecule has 0 fully saturated rings. The lowest BCUT2D eigenvalue weighted by atomic mass is 10.1. The average Bonchev–Trinajstić information content (AvgIpc) is 3.32. The molecule has 0 aliphatic rings. The number of rotatable bonds is 9. The number of benzene rings is 3. The van der Waals surface area contributed by atoms with Crippen LogP contribution in [0.4, 0.5) is 4.39 Å². The van der Waals surface area contributed by atoms with Crippen LogP contribution >= 0.6 is 22.9 Å². The van der Waals surface area contributed by atoms with E-state index in [1.807, 2.05) is 48.5 Å². The largest absolute Gasteiger partial charge is 0.496 e. The van der Waals surface area contributed by atoms with Gasteiger partial charge in [0.1, 0.15) is 23.9 Å². The summed E-state index contributed by atoms with van der Waals surface area (Å²) in [5.41, 5.74) is 2.85. The van der Waals surface area contributed by atoms with Gasteiger partial charge in [0.05, 0.1) is 17.0 Å². The molecule has 1 aromatic heterocycles. The Morgan fingerprint density at radius 1 is 1.03 bits per heavy atom. The number of hydrogen-bond acceptors (Lipinski definition) is 4. The minimum absolute atomic E-state index is 0.000152. The maximum Gasteiger partial charge on any atom is 0.195 e. The van der Waals surface area contributed by atoms with Gasteiger partial charge in [-0.2, -0.15) is 0 Å². The Hall–Kier alpha value is -3.41. The van der Waals surface area contributed by atoms with Crippen molar-refractivity contribution in [3.63, 3.8) is 0 Å². The second kappa shape index (κ2) is 11.1. The average molecular weight is 493 g/mol. The first-order chi connectivity index (χ1) is 16.5. The van der Waals surface area contributed by atoms with Crippen LogP contribution in [0.15, 0.2) is 84.9 Å². The Labute approximate surface area is 207 Å². The fourth-order valence-corrected chi connectivity index (χ4v) is 4.53. The summed E-state index contributed by atoms with van der Waals surface area (Å²) in [5, 5.41) is 0.000152. The Bertz CT molecular complexity index is 1310. The third-order valence-electron chi connectivity index (χ3n) is 5.14. The van der Waals surface area contributed by atoms with Crippen molar-refractivity contribution in [2.45, 2.75) is 13.0 Å². The monoisotopic (exact) mass is 492 g/mol. The van der Waals surface area contributed by atoms with Crippen LogP contribution in [-0.2, 0) is 13.0 Å². The predicted octanol–water partition coefficient (Wildman–Crippen LogP) is 7.62. The van der Waals surface area contributed by atoms with Crippen LogP contribution in [0, 0.1) is 5.82 Å². The fourth-order valence-electron chi connectivity index (χ4n) is 3.40. The fraction of sp³-hybridized carbons (Fsp3) is 0.107. The highest BCUT2D eigenvalue weighted by atomic mass is 35.5. The maximum absolute atomic E-state index is 13.4. The summed E-state index contributed by atoms with van der Waals surface area (Å²) in [6.07, 6.45) is 4.16. The molecule has 0 spiro atoms. The van der Waals surface area contributed by atoms with Crippen molar-refractivity contribution in [3.05, 3.63) is 122 Å². The van der Waals surface area contributed by atoms with Crippen molar-refractivity contribution >= 4 is 34.8 Å². The van der Waals surface area contributed by atoms with Crippen LogP contribution in [0.1, 0.15) is 31.2 Å². The highest BCUT2D eigenvalue weighted by molar-refractivity contribution is 7.14. The first-order valence-corrected chi connectivity index (χ1v) is 11.8. The zero-order valence-electron chi connectivity index (χ0n) is 18.5. The maximum atomic E-state index is 13.4. The van der Waals surface area contributed by atoms with E-state index in [0.717, 1.165) is 22.4 Å². The first kappa shape index (κ1) is 23.7. The number of carbonyl (C=O) groups excluding carboxylic acids is 1. The van der Waals surface area contributed by atoms with Crippen molar-refractivity contribution in [3.8, 4) is 11.5 Å². The Morgan fingerprint density at radius 2 is 1.85 bits per heavy atom. The van der Waals surface area contributed by atoms with Crippen molar-refractivity contribution in [1.82, 2.24) is 0 Å². The van der Waals surface area contributed by atoms with Gasteiger partial charge in [0.2, 0.25) is 0 Å². The molecular weight excluding hydrogens is 471 g/mol. The highest BCUT2D eigenvalue weighted by Crippen LogP contribution is 2.26. The van der Waals surface area contributed by atoms with Crippen LogP contribution in [-0.4, -0.2) is 12.9 Å². The number of hydrogen-bond donors (Lipinski definition) is 0. The highest BCUT2D eigenvalue weighted by Gasteiger charge is 2.09. The molecule has 6 heteroatoms. The second-order valence-corrected chi connectivity index (χ2v) is 9.14. The number of methoxy groups -OCH3 is 1. The summed E-state index contributed by atoms with van der Waals surface area (Å²) < 4.78 is 24.5. The Morgan fingerprint density at radius 3 is 2.62 bits per heavy atom. The van der Waals surface area contributed by atoms with Crippen molar-refractivity contribution in [1.29, 1.82) is 0 Å². The molecule has 0 saturated carbocycles. The van der Waals surface area contributed by atoms with E-state index in [0.29, 0.717) is 16.4 Å². The molecule has 172 valence electrons. The number of carbonyl (C=O) groups is 1. The number of halogens is 2. The quantitative estimate of drug-likeness (QED) is 0.178. The molecule has 3 aromatic carbocycles. The van der Waals surface area contributed by atoms with E-state index in [9.17, 15) is 9.18 Å². The SMILES string of the molecule is COc1ccc(/C=C/C(=O)c2ccc(Cc3ccccc3)s2)cc1COc1ccc(F)c(Cl)c1. The lowest BCUT2D eigenvalue weighted by molar-refractivity contribution is 0.105. The van der Waals surface area contributed by atoms with Gasteiger partial charge in [0, 0.05) is 22.9 Å². The van der Waals surface area contributed by atoms with E-state index < -0.39 is 5.82 Å². The topological polar surface area (TPSA) is 35.5 Å². The molecule has 0 atom stereocenters. The van der Waals surface area contributed by atoms with Gasteiger partial charge in [-0.25, -0.2) is 4.39 Å². The van der Waals surface area contributed by atoms with Crippen LogP contribution in [0.2, 0.25) is 5.02 Å². The summed E-state index contributed by atoms with van der Waals surface area (Å²) in [7, 11) is 1.58. The van der Waals surface area contributed by atoms with Gasteiger partial charge in [0.15, 0.2) is 5.78 Å². The minimum Gasteiger partial charge on any atom is -0.496 e. The number of ether oxygens (including phenoxy) is 2. The van der Waals surface area contributed by atoms with E-state index >= 15 is 0 Å². The van der Waals surface area contributed by atoms with Crippen LogP contribution in [0.5, 0.6) is 11.5 Å². The van der Waals surface area contributed by atoms with Gasteiger partial charge in [-0.1, -0.05) is 54.1 Å². The van der Waals surface area contributed by atoms with Crippen molar-refractivity contribution < 1.29 is 18.7 Å². The minimum atomic E-state index is -0.499. The summed E-state index contributed by atoms with van der Waals surface area (Å²) in [5.74, 6) is 0.564. The van der Waals surface area contributed by atoms with Gasteiger partial charge < -0.3 is 9.47 Å². The molecule has 0 amide bonds. The molecular formula is C28H22ClFO3S. The van der Waals surface area contributed by atoms with E-state index in [1.165, 1.54) is 35.1 Å². The van der Waals surface area contributed by atoms with E-state index in [-0.39, 0.29) is 17.4 Å². The van der Waals surface area contributed by atoms with Crippen molar-refractivity contribution in [2.75, 3.05) is 7.11 Å². The molecule has 34 heavy (non-hydrogen) atoms. The lowest BCUT2D eigenvalue weighted by Crippen LogP contribution is -1.99. The van der Waals surface area contributed by atoms with Crippen LogP contribution in [0.3, 0.4) is 0 Å². The Balaban J connectivity index is 1.43. The zero-order chi connectivity index (χ0) is 23.9. The van der Waals surface area contributed by atoms with E-state index in [2.05, 4.69) is 12.1 Å². The number of thiophene rings is 1. The predicted molar refractivity (Wildman–Crippen MR) is 136 cm³/mol. The van der Waals surface area contributed by atoms with Crippen LogP contribution in [0.25, 0.3) is 6.08 Å². The van der Waals surface area contributed by atoms with E-state index in [1.54, 1.807) is 19.3 Å². The first-order valence-electron chi connectivity index (χ1n) is 10.6. The summed E-state index contributed by atoms with van der Waals surface area (Å²) in [4.78, 5) is 14.5. The van der Waals surface area contributed by atoms with Gasteiger partial charge in [0.25, 0.3) is 0 Å².